The van der Waals surface area contributed by atoms with E-state index in [1.165, 1.54) is 17.3 Å². The Morgan fingerprint density at radius 2 is 2.12 bits per heavy atom. The molecule has 2 atom stereocenters. The summed E-state index contributed by atoms with van der Waals surface area (Å²) in [4.78, 5) is 12.4. The molecular weight excluding hydrogens is 374 g/mol. The summed E-state index contributed by atoms with van der Waals surface area (Å²) < 4.78 is 24.6. The molecular formula is C16H21N5O3S2. The van der Waals surface area contributed by atoms with Crippen molar-refractivity contribution in [3.63, 3.8) is 0 Å². The first kappa shape index (κ1) is 18.8. The largest absolute Gasteiger partial charge is 0.351 e. The van der Waals surface area contributed by atoms with Gasteiger partial charge in [-0.1, -0.05) is 17.8 Å². The zero-order chi connectivity index (χ0) is 18.9. The number of amides is 1. The molecule has 0 radical (unpaired) electrons. The van der Waals surface area contributed by atoms with E-state index in [4.69, 9.17) is 0 Å². The lowest BCUT2D eigenvalue weighted by atomic mass is 10.1. The molecule has 10 heteroatoms. The van der Waals surface area contributed by atoms with E-state index in [0.29, 0.717) is 11.6 Å². The van der Waals surface area contributed by atoms with Crippen LogP contribution >= 0.6 is 11.8 Å². The number of tetrazole rings is 1. The molecule has 140 valence electrons. The standard InChI is InChI=1S/C16H21N5O3S2/c1-10-4-5-14(8-11(10)2)21-16(18-19-20-21)25-12(3)15(22)17-13-6-7-26(23,24)9-13/h4-5,8,12-13H,6-7,9H2,1-3H3,(H,17,22)/t12-,13+/m0/s1. The number of carbonyl (C=O) groups is 1. The molecule has 1 aliphatic heterocycles. The van der Waals surface area contributed by atoms with E-state index < -0.39 is 15.1 Å². The lowest BCUT2D eigenvalue weighted by Gasteiger charge is -2.15. The quantitative estimate of drug-likeness (QED) is 0.755. The Bertz CT molecular complexity index is 926. The van der Waals surface area contributed by atoms with Gasteiger partial charge < -0.3 is 5.32 Å². The predicted molar refractivity (Wildman–Crippen MR) is 99.1 cm³/mol. The summed E-state index contributed by atoms with van der Waals surface area (Å²) in [5, 5.41) is 14.6. The van der Waals surface area contributed by atoms with Crippen molar-refractivity contribution in [1.29, 1.82) is 0 Å². The fraction of sp³-hybridized carbons (Fsp3) is 0.500. The average Bonchev–Trinajstić information content (AvgIpc) is 3.16. The van der Waals surface area contributed by atoms with E-state index in [1.807, 2.05) is 32.0 Å². The van der Waals surface area contributed by atoms with E-state index in [2.05, 4.69) is 20.8 Å². The maximum Gasteiger partial charge on any atom is 0.233 e. The van der Waals surface area contributed by atoms with Gasteiger partial charge in [-0.25, -0.2) is 8.42 Å². The molecule has 2 heterocycles. The molecule has 1 aromatic carbocycles. The number of sulfone groups is 1. The molecule has 1 N–H and O–H groups in total. The average molecular weight is 396 g/mol. The van der Waals surface area contributed by atoms with Crippen molar-refractivity contribution in [3.05, 3.63) is 29.3 Å². The normalized spacial score (nSPS) is 20.0. The second-order valence-electron chi connectivity index (χ2n) is 6.51. The highest BCUT2D eigenvalue weighted by Crippen LogP contribution is 2.24. The fourth-order valence-corrected chi connectivity index (χ4v) is 5.20. The fourth-order valence-electron chi connectivity index (χ4n) is 2.71. The molecule has 8 nitrogen and oxygen atoms in total. The summed E-state index contributed by atoms with van der Waals surface area (Å²) in [6.45, 7) is 5.80. The van der Waals surface area contributed by atoms with Gasteiger partial charge in [0.1, 0.15) is 0 Å². The summed E-state index contributed by atoms with van der Waals surface area (Å²) in [7, 11) is -3.03. The highest BCUT2D eigenvalue weighted by molar-refractivity contribution is 8.00. The van der Waals surface area contributed by atoms with Crippen molar-refractivity contribution in [3.8, 4) is 5.69 Å². The van der Waals surface area contributed by atoms with Crippen molar-refractivity contribution in [2.45, 2.75) is 43.6 Å². The minimum absolute atomic E-state index is 0.0104. The van der Waals surface area contributed by atoms with Crippen LogP contribution in [0.1, 0.15) is 24.5 Å². The number of hydrogen-bond acceptors (Lipinski definition) is 7. The SMILES string of the molecule is Cc1ccc(-n2nnnc2S[C@@H](C)C(=O)N[C@@H]2CCS(=O)(=O)C2)cc1C. The van der Waals surface area contributed by atoms with Crippen LogP contribution in [0.3, 0.4) is 0 Å². The molecule has 0 saturated carbocycles. The lowest BCUT2D eigenvalue weighted by molar-refractivity contribution is -0.120. The van der Waals surface area contributed by atoms with E-state index >= 15 is 0 Å². The monoisotopic (exact) mass is 395 g/mol. The first-order chi connectivity index (χ1) is 12.2. The summed E-state index contributed by atoms with van der Waals surface area (Å²) in [6, 6.07) is 5.60. The third-order valence-electron chi connectivity index (χ3n) is 4.41. The van der Waals surface area contributed by atoms with Crippen LogP contribution in [-0.2, 0) is 14.6 Å². The van der Waals surface area contributed by atoms with Gasteiger partial charge in [-0.15, -0.1) is 5.10 Å². The summed E-state index contributed by atoms with van der Waals surface area (Å²) >= 11 is 1.24. The number of thioether (sulfide) groups is 1. The van der Waals surface area contributed by atoms with Crippen LogP contribution in [0.5, 0.6) is 0 Å². The first-order valence-electron chi connectivity index (χ1n) is 8.28. The molecule has 1 fully saturated rings. The van der Waals surface area contributed by atoms with E-state index in [1.54, 1.807) is 11.6 Å². The molecule has 3 rings (SSSR count). The van der Waals surface area contributed by atoms with E-state index in [0.717, 1.165) is 11.3 Å². The molecule has 0 unspecified atom stereocenters. The van der Waals surface area contributed by atoms with Crippen LogP contribution in [-0.4, -0.2) is 57.3 Å². The molecule has 26 heavy (non-hydrogen) atoms. The Morgan fingerprint density at radius 1 is 1.35 bits per heavy atom. The molecule has 0 spiro atoms. The Hall–Kier alpha value is -1.94. The van der Waals surface area contributed by atoms with Gasteiger partial charge in [0.05, 0.1) is 22.4 Å². The molecule has 1 amide bonds. The van der Waals surface area contributed by atoms with Gasteiger partial charge in [-0.05, 0) is 60.9 Å². The highest BCUT2D eigenvalue weighted by Gasteiger charge is 2.30. The number of nitrogens with one attached hydrogen (secondary N) is 1. The van der Waals surface area contributed by atoms with Crippen molar-refractivity contribution in [1.82, 2.24) is 25.5 Å². The van der Waals surface area contributed by atoms with Crippen molar-refractivity contribution in [2.75, 3.05) is 11.5 Å². The Kier molecular flexibility index (Phi) is 5.33. The van der Waals surface area contributed by atoms with Crippen molar-refractivity contribution >= 4 is 27.5 Å². The van der Waals surface area contributed by atoms with E-state index in [-0.39, 0.29) is 23.5 Å². The second-order valence-corrected chi connectivity index (χ2v) is 10.0. The van der Waals surface area contributed by atoms with Gasteiger partial charge in [0.2, 0.25) is 11.1 Å². The number of nitrogens with zero attached hydrogens (tertiary/aromatic N) is 4. The number of carbonyl (C=O) groups excluding carboxylic acids is 1. The van der Waals surface area contributed by atoms with Gasteiger partial charge in [-0.2, -0.15) is 4.68 Å². The Balaban J connectivity index is 1.68. The van der Waals surface area contributed by atoms with Gasteiger partial charge in [0.15, 0.2) is 9.84 Å². The number of aromatic nitrogens is 4. The number of rotatable bonds is 5. The zero-order valence-corrected chi connectivity index (χ0v) is 16.5. The van der Waals surface area contributed by atoms with Crippen LogP contribution < -0.4 is 5.32 Å². The van der Waals surface area contributed by atoms with Gasteiger partial charge in [0, 0.05) is 6.04 Å². The van der Waals surface area contributed by atoms with Gasteiger partial charge >= 0.3 is 0 Å². The highest BCUT2D eigenvalue weighted by atomic mass is 32.2. The molecule has 1 aliphatic rings. The zero-order valence-electron chi connectivity index (χ0n) is 14.8. The first-order valence-corrected chi connectivity index (χ1v) is 11.0. The van der Waals surface area contributed by atoms with Crippen LogP contribution in [0.4, 0.5) is 0 Å². The third-order valence-corrected chi connectivity index (χ3v) is 7.21. The summed E-state index contributed by atoms with van der Waals surface area (Å²) in [5.74, 6) is -0.0761. The molecule has 0 bridgehead atoms. The Morgan fingerprint density at radius 3 is 2.77 bits per heavy atom. The third kappa shape index (κ3) is 4.24. The molecule has 2 aromatic rings. The lowest BCUT2D eigenvalue weighted by Crippen LogP contribution is -2.40. The Labute approximate surface area is 156 Å². The number of benzene rings is 1. The van der Waals surface area contributed by atoms with E-state index in [9.17, 15) is 13.2 Å². The molecule has 1 aromatic heterocycles. The minimum atomic E-state index is -3.03. The second kappa shape index (κ2) is 7.36. The molecule has 0 aliphatic carbocycles. The van der Waals surface area contributed by atoms with Crippen LogP contribution in [0, 0.1) is 13.8 Å². The minimum Gasteiger partial charge on any atom is -0.351 e. The van der Waals surface area contributed by atoms with Crippen LogP contribution in [0.25, 0.3) is 5.69 Å². The number of hydrogen-bond donors (Lipinski definition) is 1. The predicted octanol–water partition coefficient (Wildman–Crippen LogP) is 1.06. The summed E-state index contributed by atoms with van der Waals surface area (Å²) in [6.07, 6.45) is 0.464. The topological polar surface area (TPSA) is 107 Å². The summed E-state index contributed by atoms with van der Waals surface area (Å²) in [5.41, 5.74) is 3.13. The smallest absolute Gasteiger partial charge is 0.233 e. The maximum atomic E-state index is 12.4. The maximum absolute atomic E-state index is 12.4. The van der Waals surface area contributed by atoms with Crippen molar-refractivity contribution in [2.24, 2.45) is 0 Å². The van der Waals surface area contributed by atoms with Gasteiger partial charge in [-0.3, -0.25) is 4.79 Å². The van der Waals surface area contributed by atoms with Crippen LogP contribution in [0.2, 0.25) is 0 Å². The number of aryl methyl sites for hydroxylation is 2. The van der Waals surface area contributed by atoms with Crippen LogP contribution in [0.15, 0.2) is 23.4 Å². The molecule has 1 saturated heterocycles. The van der Waals surface area contributed by atoms with Gasteiger partial charge in [0.25, 0.3) is 0 Å². The van der Waals surface area contributed by atoms with Crippen molar-refractivity contribution < 1.29 is 13.2 Å².